The topological polar surface area (TPSA) is 81.5 Å². The minimum atomic E-state index is -0.536. The molecular formula is C10H9Cl2N3O. The Labute approximate surface area is 103 Å². The second-order valence-corrected chi connectivity index (χ2v) is 3.70. The van der Waals surface area contributed by atoms with Crippen LogP contribution in [0.1, 0.15) is 5.56 Å². The zero-order chi connectivity index (χ0) is 12.1. The molecule has 0 saturated carbocycles. The number of halogens is 2. The van der Waals surface area contributed by atoms with Gasteiger partial charge in [0.05, 0.1) is 10.0 Å². The molecule has 0 bridgehead atoms. The van der Waals surface area contributed by atoms with Gasteiger partial charge in [0.15, 0.2) is 5.96 Å². The van der Waals surface area contributed by atoms with Crippen molar-refractivity contribution in [2.24, 2.45) is 16.5 Å². The Balaban J connectivity index is 2.81. The standard InChI is InChI=1S/C10H9Cl2N3O/c11-7-3-1-6(5-8(7)12)2-4-9(16)15-10(13)14/h1-5H,(H4,13,14,15,16)/b4-2+. The van der Waals surface area contributed by atoms with E-state index in [1.54, 1.807) is 18.2 Å². The van der Waals surface area contributed by atoms with E-state index in [2.05, 4.69) is 4.99 Å². The molecule has 0 aliphatic heterocycles. The molecule has 4 nitrogen and oxygen atoms in total. The van der Waals surface area contributed by atoms with Gasteiger partial charge in [-0.05, 0) is 23.8 Å². The zero-order valence-electron chi connectivity index (χ0n) is 8.15. The van der Waals surface area contributed by atoms with Crippen molar-refractivity contribution in [1.82, 2.24) is 0 Å². The Morgan fingerprint density at radius 2 is 1.94 bits per heavy atom. The van der Waals surface area contributed by atoms with E-state index in [1.807, 2.05) is 0 Å². The molecule has 0 aromatic heterocycles. The summed E-state index contributed by atoms with van der Waals surface area (Å²) in [6, 6.07) is 4.98. The monoisotopic (exact) mass is 257 g/mol. The summed E-state index contributed by atoms with van der Waals surface area (Å²) in [5.74, 6) is -0.810. The van der Waals surface area contributed by atoms with Crippen LogP contribution in [0.25, 0.3) is 6.08 Å². The van der Waals surface area contributed by atoms with Crippen LogP contribution in [0.4, 0.5) is 0 Å². The molecular weight excluding hydrogens is 249 g/mol. The molecule has 84 valence electrons. The molecule has 4 N–H and O–H groups in total. The van der Waals surface area contributed by atoms with Crippen molar-refractivity contribution in [2.75, 3.05) is 0 Å². The van der Waals surface area contributed by atoms with Gasteiger partial charge in [0.2, 0.25) is 0 Å². The number of aliphatic imine (C=N–C) groups is 1. The number of hydrogen-bond donors (Lipinski definition) is 2. The molecule has 0 radical (unpaired) electrons. The summed E-state index contributed by atoms with van der Waals surface area (Å²) in [7, 11) is 0. The van der Waals surface area contributed by atoms with Crippen LogP contribution in [-0.4, -0.2) is 11.9 Å². The highest BCUT2D eigenvalue weighted by molar-refractivity contribution is 6.42. The lowest BCUT2D eigenvalue weighted by molar-refractivity contribution is -0.113. The maximum atomic E-state index is 11.1. The van der Waals surface area contributed by atoms with Crippen LogP contribution < -0.4 is 11.5 Å². The van der Waals surface area contributed by atoms with Crippen LogP contribution >= 0.6 is 23.2 Å². The first-order chi connectivity index (χ1) is 7.49. The molecule has 0 atom stereocenters. The van der Waals surface area contributed by atoms with Crippen molar-refractivity contribution in [3.05, 3.63) is 39.9 Å². The van der Waals surface area contributed by atoms with E-state index in [1.165, 1.54) is 12.2 Å². The van der Waals surface area contributed by atoms with Crippen LogP contribution in [0.15, 0.2) is 29.3 Å². The Hall–Kier alpha value is -1.52. The van der Waals surface area contributed by atoms with Gasteiger partial charge in [-0.15, -0.1) is 0 Å². The van der Waals surface area contributed by atoms with Gasteiger partial charge < -0.3 is 11.5 Å². The summed E-state index contributed by atoms with van der Waals surface area (Å²) in [6.07, 6.45) is 2.77. The van der Waals surface area contributed by atoms with Crippen molar-refractivity contribution >= 4 is 41.1 Å². The van der Waals surface area contributed by atoms with Gasteiger partial charge in [-0.1, -0.05) is 29.3 Å². The molecule has 1 aromatic carbocycles. The van der Waals surface area contributed by atoms with E-state index >= 15 is 0 Å². The summed E-state index contributed by atoms with van der Waals surface area (Å²) >= 11 is 11.5. The lowest BCUT2D eigenvalue weighted by atomic mass is 10.2. The predicted molar refractivity (Wildman–Crippen MR) is 66.3 cm³/mol. The van der Waals surface area contributed by atoms with Crippen LogP contribution in [0, 0.1) is 0 Å². The quantitative estimate of drug-likeness (QED) is 0.482. The van der Waals surface area contributed by atoms with Gasteiger partial charge in [0, 0.05) is 6.08 Å². The highest BCUT2D eigenvalue weighted by atomic mass is 35.5. The van der Waals surface area contributed by atoms with E-state index in [0.717, 1.165) is 5.56 Å². The number of benzene rings is 1. The third kappa shape index (κ3) is 3.92. The average Bonchev–Trinajstić information content (AvgIpc) is 2.19. The van der Waals surface area contributed by atoms with Gasteiger partial charge in [0.25, 0.3) is 5.91 Å². The van der Waals surface area contributed by atoms with Crippen LogP contribution in [0.2, 0.25) is 10.0 Å². The first-order valence-corrected chi connectivity index (χ1v) is 5.01. The number of hydrogen-bond acceptors (Lipinski definition) is 1. The molecule has 6 heteroatoms. The third-order valence-corrected chi connectivity index (χ3v) is 2.34. The van der Waals surface area contributed by atoms with Crippen LogP contribution in [-0.2, 0) is 4.79 Å². The molecule has 0 aliphatic rings. The Bertz CT molecular complexity index is 465. The van der Waals surface area contributed by atoms with Crippen molar-refractivity contribution < 1.29 is 4.79 Å². The molecule has 16 heavy (non-hydrogen) atoms. The smallest absolute Gasteiger partial charge is 0.272 e. The summed E-state index contributed by atoms with van der Waals surface area (Å²) in [5, 5.41) is 0.868. The first-order valence-electron chi connectivity index (χ1n) is 4.26. The molecule has 1 aromatic rings. The van der Waals surface area contributed by atoms with Crippen molar-refractivity contribution in [2.45, 2.75) is 0 Å². The van der Waals surface area contributed by atoms with Crippen molar-refractivity contribution in [3.8, 4) is 0 Å². The number of nitrogens with zero attached hydrogens (tertiary/aromatic N) is 1. The maximum absolute atomic E-state index is 11.1. The van der Waals surface area contributed by atoms with Gasteiger partial charge in [0.1, 0.15) is 0 Å². The fraction of sp³-hybridized carbons (Fsp3) is 0. The fourth-order valence-electron chi connectivity index (χ4n) is 0.948. The molecule has 0 spiro atoms. The Kier molecular flexibility index (Phi) is 4.34. The van der Waals surface area contributed by atoms with E-state index in [9.17, 15) is 4.79 Å². The summed E-state index contributed by atoms with van der Waals surface area (Å²) < 4.78 is 0. The molecule has 1 amide bonds. The van der Waals surface area contributed by atoms with Gasteiger partial charge in [-0.3, -0.25) is 4.79 Å². The number of guanidine groups is 1. The predicted octanol–water partition coefficient (Wildman–Crippen LogP) is 1.81. The van der Waals surface area contributed by atoms with Crippen molar-refractivity contribution in [3.63, 3.8) is 0 Å². The Morgan fingerprint density at radius 3 is 2.50 bits per heavy atom. The molecule has 0 fully saturated rings. The molecule has 0 heterocycles. The first kappa shape index (κ1) is 12.5. The van der Waals surface area contributed by atoms with Gasteiger partial charge in [-0.2, -0.15) is 4.99 Å². The third-order valence-electron chi connectivity index (χ3n) is 1.60. The number of carbonyl (C=O) groups excluding carboxylic acids is 1. The fourth-order valence-corrected chi connectivity index (χ4v) is 1.25. The minimum absolute atomic E-state index is 0.274. The van der Waals surface area contributed by atoms with E-state index in [-0.39, 0.29) is 5.96 Å². The number of amides is 1. The normalized spacial score (nSPS) is 10.4. The lowest BCUT2D eigenvalue weighted by Crippen LogP contribution is -2.23. The van der Waals surface area contributed by atoms with E-state index in [4.69, 9.17) is 34.7 Å². The molecule has 0 unspecified atom stereocenters. The second kappa shape index (κ2) is 5.53. The summed E-state index contributed by atoms with van der Waals surface area (Å²) in [4.78, 5) is 14.4. The van der Waals surface area contributed by atoms with Crippen molar-refractivity contribution in [1.29, 1.82) is 0 Å². The number of carbonyl (C=O) groups is 1. The minimum Gasteiger partial charge on any atom is -0.370 e. The Morgan fingerprint density at radius 1 is 1.25 bits per heavy atom. The number of rotatable bonds is 2. The lowest BCUT2D eigenvalue weighted by Gasteiger charge is -1.96. The van der Waals surface area contributed by atoms with Crippen LogP contribution in [0.5, 0.6) is 0 Å². The largest absolute Gasteiger partial charge is 0.370 e. The highest BCUT2D eigenvalue weighted by Gasteiger charge is 1.97. The second-order valence-electron chi connectivity index (χ2n) is 2.88. The van der Waals surface area contributed by atoms with E-state index in [0.29, 0.717) is 10.0 Å². The molecule has 0 aliphatic carbocycles. The average molecular weight is 258 g/mol. The molecule has 1 rings (SSSR count). The SMILES string of the molecule is NC(N)=NC(=O)/C=C/c1ccc(Cl)c(Cl)c1. The maximum Gasteiger partial charge on any atom is 0.272 e. The molecule has 0 saturated heterocycles. The number of nitrogens with two attached hydrogens (primary N) is 2. The summed E-state index contributed by atoms with van der Waals surface area (Å²) in [6.45, 7) is 0. The van der Waals surface area contributed by atoms with E-state index < -0.39 is 5.91 Å². The van der Waals surface area contributed by atoms with Gasteiger partial charge >= 0.3 is 0 Å². The summed E-state index contributed by atoms with van der Waals surface area (Å²) in [5.41, 5.74) is 10.8. The van der Waals surface area contributed by atoms with Gasteiger partial charge in [-0.25, -0.2) is 0 Å². The zero-order valence-corrected chi connectivity index (χ0v) is 9.66. The van der Waals surface area contributed by atoms with Crippen LogP contribution in [0.3, 0.4) is 0 Å². The highest BCUT2D eigenvalue weighted by Crippen LogP contribution is 2.23.